The SMILES string of the molecule is CCc1nn(CC)c(CC2(O)CCC(C)C2)c1Cl. The van der Waals surface area contributed by atoms with Crippen molar-refractivity contribution in [3.63, 3.8) is 0 Å². The minimum absolute atomic E-state index is 0.582. The Morgan fingerprint density at radius 3 is 2.72 bits per heavy atom. The van der Waals surface area contributed by atoms with Crippen LogP contribution in [0.25, 0.3) is 0 Å². The van der Waals surface area contributed by atoms with Crippen LogP contribution in [-0.4, -0.2) is 20.5 Å². The highest BCUT2D eigenvalue weighted by atomic mass is 35.5. The third-order valence-electron chi connectivity index (χ3n) is 4.02. The van der Waals surface area contributed by atoms with Crippen LogP contribution in [0.2, 0.25) is 5.02 Å². The van der Waals surface area contributed by atoms with Gasteiger partial charge in [0.25, 0.3) is 0 Å². The molecule has 0 bridgehead atoms. The van der Waals surface area contributed by atoms with Gasteiger partial charge < -0.3 is 5.11 Å². The molecule has 102 valence electrons. The first-order chi connectivity index (χ1) is 8.49. The number of aryl methyl sites for hydroxylation is 2. The number of halogens is 1. The van der Waals surface area contributed by atoms with Gasteiger partial charge in [-0.1, -0.05) is 25.4 Å². The van der Waals surface area contributed by atoms with Crippen molar-refractivity contribution in [1.29, 1.82) is 0 Å². The van der Waals surface area contributed by atoms with E-state index in [-0.39, 0.29) is 0 Å². The Morgan fingerprint density at radius 2 is 2.22 bits per heavy atom. The number of nitrogens with zero attached hydrogens (tertiary/aromatic N) is 2. The van der Waals surface area contributed by atoms with Gasteiger partial charge in [0.15, 0.2) is 0 Å². The smallest absolute Gasteiger partial charge is 0.0850 e. The molecule has 2 rings (SSSR count). The highest BCUT2D eigenvalue weighted by Gasteiger charge is 2.37. The van der Waals surface area contributed by atoms with E-state index in [2.05, 4.69) is 25.9 Å². The second-order valence-corrected chi connectivity index (χ2v) is 6.00. The van der Waals surface area contributed by atoms with Crippen molar-refractivity contribution in [2.24, 2.45) is 5.92 Å². The van der Waals surface area contributed by atoms with Gasteiger partial charge in [-0.05, 0) is 38.5 Å². The molecule has 1 aromatic rings. The fourth-order valence-corrected chi connectivity index (χ4v) is 3.36. The zero-order valence-corrected chi connectivity index (χ0v) is 12.3. The number of aromatic nitrogens is 2. The molecule has 0 amide bonds. The van der Waals surface area contributed by atoms with Gasteiger partial charge in [-0.3, -0.25) is 4.68 Å². The molecule has 4 heteroatoms. The average molecular weight is 271 g/mol. The zero-order valence-electron chi connectivity index (χ0n) is 11.5. The van der Waals surface area contributed by atoms with E-state index in [1.807, 2.05) is 4.68 Å². The van der Waals surface area contributed by atoms with Gasteiger partial charge in [0.05, 0.1) is 22.0 Å². The van der Waals surface area contributed by atoms with Crippen molar-refractivity contribution in [1.82, 2.24) is 9.78 Å². The van der Waals surface area contributed by atoms with E-state index in [9.17, 15) is 5.11 Å². The first-order valence-corrected chi connectivity index (χ1v) is 7.33. The van der Waals surface area contributed by atoms with E-state index in [4.69, 9.17) is 11.6 Å². The Balaban J connectivity index is 2.25. The highest BCUT2D eigenvalue weighted by Crippen LogP contribution is 2.38. The number of rotatable bonds is 4. The number of hydrogen-bond donors (Lipinski definition) is 1. The predicted octanol–water partition coefficient (Wildman–Crippen LogP) is 3.21. The van der Waals surface area contributed by atoms with Crippen LogP contribution in [0.1, 0.15) is 51.4 Å². The van der Waals surface area contributed by atoms with Gasteiger partial charge in [0, 0.05) is 13.0 Å². The Labute approximate surface area is 114 Å². The highest BCUT2D eigenvalue weighted by molar-refractivity contribution is 6.31. The predicted molar refractivity (Wildman–Crippen MR) is 74.0 cm³/mol. The van der Waals surface area contributed by atoms with E-state index < -0.39 is 5.60 Å². The lowest BCUT2D eigenvalue weighted by Crippen LogP contribution is -2.29. The topological polar surface area (TPSA) is 38.0 Å². The third kappa shape index (κ3) is 2.57. The molecule has 18 heavy (non-hydrogen) atoms. The molecule has 1 aliphatic carbocycles. The summed E-state index contributed by atoms with van der Waals surface area (Å²) in [5, 5.41) is 15.9. The average Bonchev–Trinajstić information content (AvgIpc) is 2.82. The van der Waals surface area contributed by atoms with Gasteiger partial charge in [-0.15, -0.1) is 0 Å². The van der Waals surface area contributed by atoms with Crippen LogP contribution in [0.4, 0.5) is 0 Å². The molecule has 3 nitrogen and oxygen atoms in total. The van der Waals surface area contributed by atoms with Crippen molar-refractivity contribution in [2.75, 3.05) is 0 Å². The summed E-state index contributed by atoms with van der Waals surface area (Å²) in [7, 11) is 0. The lowest BCUT2D eigenvalue weighted by atomic mass is 9.94. The summed E-state index contributed by atoms with van der Waals surface area (Å²) < 4.78 is 1.95. The van der Waals surface area contributed by atoms with Gasteiger partial charge in [-0.2, -0.15) is 5.10 Å². The quantitative estimate of drug-likeness (QED) is 0.912. The normalized spacial score (nSPS) is 27.9. The Bertz CT molecular complexity index is 430. The van der Waals surface area contributed by atoms with Crippen molar-refractivity contribution in [3.8, 4) is 0 Å². The van der Waals surface area contributed by atoms with Crippen molar-refractivity contribution in [2.45, 2.75) is 65.0 Å². The van der Waals surface area contributed by atoms with Gasteiger partial charge in [0.2, 0.25) is 0 Å². The lowest BCUT2D eigenvalue weighted by molar-refractivity contribution is 0.0426. The van der Waals surface area contributed by atoms with Crippen LogP contribution in [0.5, 0.6) is 0 Å². The summed E-state index contributed by atoms with van der Waals surface area (Å²) in [5.41, 5.74) is 1.37. The van der Waals surface area contributed by atoms with E-state index in [1.54, 1.807) is 0 Å². The molecule has 0 aliphatic heterocycles. The van der Waals surface area contributed by atoms with Gasteiger partial charge in [0.1, 0.15) is 0 Å². The van der Waals surface area contributed by atoms with Crippen molar-refractivity contribution in [3.05, 3.63) is 16.4 Å². The fraction of sp³-hybridized carbons (Fsp3) is 0.786. The maximum absolute atomic E-state index is 10.6. The molecular formula is C14H23ClN2O. The molecule has 0 aromatic carbocycles. The van der Waals surface area contributed by atoms with Crippen molar-refractivity contribution >= 4 is 11.6 Å². The summed E-state index contributed by atoms with van der Waals surface area (Å²) in [5.74, 6) is 0.609. The summed E-state index contributed by atoms with van der Waals surface area (Å²) >= 11 is 6.39. The molecular weight excluding hydrogens is 248 g/mol. The Hall–Kier alpha value is -0.540. The minimum Gasteiger partial charge on any atom is -0.389 e. The maximum atomic E-state index is 10.6. The monoisotopic (exact) mass is 270 g/mol. The summed E-state index contributed by atoms with van der Waals surface area (Å²) in [4.78, 5) is 0. The Kier molecular flexibility index (Phi) is 4.02. The summed E-state index contributed by atoms with van der Waals surface area (Å²) in [6, 6.07) is 0. The van der Waals surface area contributed by atoms with Crippen molar-refractivity contribution < 1.29 is 5.11 Å². The molecule has 1 N–H and O–H groups in total. The second kappa shape index (κ2) is 5.22. The van der Waals surface area contributed by atoms with Crippen LogP contribution in [-0.2, 0) is 19.4 Å². The lowest BCUT2D eigenvalue weighted by Gasteiger charge is -2.23. The second-order valence-electron chi connectivity index (χ2n) is 5.63. The van der Waals surface area contributed by atoms with Crippen LogP contribution < -0.4 is 0 Å². The molecule has 0 radical (unpaired) electrons. The van der Waals surface area contributed by atoms with Crippen LogP contribution in [0.3, 0.4) is 0 Å². The molecule has 1 aromatic heterocycles. The van der Waals surface area contributed by atoms with Gasteiger partial charge >= 0.3 is 0 Å². The van der Waals surface area contributed by atoms with E-state index >= 15 is 0 Å². The largest absolute Gasteiger partial charge is 0.389 e. The Morgan fingerprint density at radius 1 is 1.50 bits per heavy atom. The first kappa shape index (κ1) is 13.9. The minimum atomic E-state index is -0.582. The molecule has 1 aliphatic rings. The molecule has 1 saturated carbocycles. The maximum Gasteiger partial charge on any atom is 0.0850 e. The number of aliphatic hydroxyl groups is 1. The van der Waals surface area contributed by atoms with Crippen LogP contribution in [0.15, 0.2) is 0 Å². The van der Waals surface area contributed by atoms with E-state index in [0.717, 1.165) is 48.6 Å². The molecule has 2 atom stereocenters. The molecule has 2 unspecified atom stereocenters. The third-order valence-corrected chi connectivity index (χ3v) is 4.46. The van der Waals surface area contributed by atoms with Crippen LogP contribution >= 0.6 is 11.6 Å². The fourth-order valence-electron chi connectivity index (χ4n) is 3.03. The molecule has 1 heterocycles. The standard InChI is InChI=1S/C14H23ClN2O/c1-4-11-13(15)12(17(5-2)16-11)9-14(18)7-6-10(3)8-14/h10,18H,4-9H2,1-3H3. The molecule has 1 fully saturated rings. The van der Waals surface area contributed by atoms with Crippen LogP contribution in [0, 0.1) is 5.92 Å². The van der Waals surface area contributed by atoms with E-state index in [0.29, 0.717) is 12.3 Å². The zero-order chi connectivity index (χ0) is 13.3. The first-order valence-electron chi connectivity index (χ1n) is 6.95. The molecule has 0 saturated heterocycles. The molecule has 0 spiro atoms. The number of hydrogen-bond acceptors (Lipinski definition) is 2. The van der Waals surface area contributed by atoms with E-state index in [1.165, 1.54) is 0 Å². The van der Waals surface area contributed by atoms with Gasteiger partial charge in [-0.25, -0.2) is 0 Å². The summed E-state index contributed by atoms with van der Waals surface area (Å²) in [6.45, 7) is 7.13. The summed E-state index contributed by atoms with van der Waals surface area (Å²) in [6.07, 6.45) is 4.33.